The summed E-state index contributed by atoms with van der Waals surface area (Å²) >= 11 is 1.35. The zero-order valence-corrected chi connectivity index (χ0v) is 19.2. The maximum Gasteiger partial charge on any atom is 0.283 e. The Morgan fingerprint density at radius 1 is 1.00 bits per heavy atom. The van der Waals surface area contributed by atoms with Crippen molar-refractivity contribution in [3.63, 3.8) is 0 Å². The van der Waals surface area contributed by atoms with Gasteiger partial charge >= 0.3 is 0 Å². The Morgan fingerprint density at radius 2 is 1.74 bits per heavy atom. The van der Waals surface area contributed by atoms with Gasteiger partial charge in [-0.05, 0) is 34.9 Å². The van der Waals surface area contributed by atoms with Gasteiger partial charge in [0, 0.05) is 5.41 Å². The van der Waals surface area contributed by atoms with Crippen LogP contribution in [0.25, 0.3) is 11.8 Å². The highest BCUT2D eigenvalue weighted by molar-refractivity contribution is 8.17. The van der Waals surface area contributed by atoms with Gasteiger partial charge in [-0.25, -0.2) is 0 Å². The molecule has 3 aromatic rings. The number of thioether (sulfide) groups is 1. The third-order valence-corrected chi connectivity index (χ3v) is 6.25. The molecule has 1 amide bonds. The lowest BCUT2D eigenvalue weighted by Gasteiger charge is -2.27. The van der Waals surface area contributed by atoms with Crippen molar-refractivity contribution in [2.45, 2.75) is 6.61 Å². The lowest BCUT2D eigenvalue weighted by atomic mass is 10.1. The monoisotopic (exact) mass is 467 g/mol. The van der Waals surface area contributed by atoms with Crippen LogP contribution in [0.4, 0.5) is 0 Å². The topological polar surface area (TPSA) is 75.0 Å². The van der Waals surface area contributed by atoms with Gasteiger partial charge in [0.25, 0.3) is 5.91 Å². The smallest absolute Gasteiger partial charge is 0.283 e. The zero-order chi connectivity index (χ0) is 23.5. The third-order valence-electron chi connectivity index (χ3n) is 5.42. The van der Waals surface area contributed by atoms with E-state index in [0.29, 0.717) is 28.8 Å². The number of amides is 1. The molecule has 2 aliphatic rings. The van der Waals surface area contributed by atoms with Crippen molar-refractivity contribution in [3.05, 3.63) is 107 Å². The summed E-state index contributed by atoms with van der Waals surface area (Å²) in [6, 6.07) is 25.1. The molecule has 0 saturated carbocycles. The molecule has 0 atom stereocenters. The number of rotatable bonds is 6. The van der Waals surface area contributed by atoms with E-state index < -0.39 is 5.91 Å². The number of nitrogens with zero attached hydrogens (tertiary/aromatic N) is 2. The van der Waals surface area contributed by atoms with E-state index in [2.05, 4.69) is 4.99 Å². The summed E-state index contributed by atoms with van der Waals surface area (Å²) in [6.45, 7) is 0.416. The highest BCUT2D eigenvalue weighted by atomic mass is 32.2. The van der Waals surface area contributed by atoms with Crippen LogP contribution in [0.3, 0.4) is 0 Å². The Balaban J connectivity index is 1.41. The van der Waals surface area contributed by atoms with Crippen molar-refractivity contribution in [1.29, 1.82) is 5.41 Å². The molecular formula is C27H21N3O3S. The Morgan fingerprint density at radius 3 is 2.47 bits per heavy atom. The van der Waals surface area contributed by atoms with Gasteiger partial charge in [-0.1, -0.05) is 78.5 Å². The van der Waals surface area contributed by atoms with Gasteiger partial charge in [0.2, 0.25) is 0 Å². The summed E-state index contributed by atoms with van der Waals surface area (Å²) in [5.74, 6) is 0.809. The van der Waals surface area contributed by atoms with Crippen LogP contribution < -0.4 is 9.47 Å². The molecule has 168 valence electrons. The molecule has 5 rings (SSSR count). The third kappa shape index (κ3) is 4.25. The molecule has 0 spiro atoms. The summed E-state index contributed by atoms with van der Waals surface area (Å²) in [7, 11) is 1.57. The number of aliphatic imine (C=N–C) groups is 1. The minimum Gasteiger partial charge on any atom is -0.493 e. The van der Waals surface area contributed by atoms with Crippen molar-refractivity contribution in [1.82, 2.24) is 4.90 Å². The van der Waals surface area contributed by atoms with E-state index in [1.807, 2.05) is 72.1 Å². The number of fused-ring (bicyclic) bond motifs is 1. The normalized spacial score (nSPS) is 16.3. The number of carbonyl (C=O) groups is 1. The Bertz CT molecular complexity index is 1350. The van der Waals surface area contributed by atoms with E-state index in [9.17, 15) is 4.79 Å². The second-order valence-corrected chi connectivity index (χ2v) is 8.45. The first kappa shape index (κ1) is 21.7. The molecule has 1 N–H and O–H groups in total. The number of hydrogen-bond acceptors (Lipinski definition) is 5. The van der Waals surface area contributed by atoms with Crippen LogP contribution in [0.2, 0.25) is 0 Å². The number of carbonyl (C=O) groups excluding carboxylic acids is 1. The number of benzene rings is 3. The highest BCUT2D eigenvalue weighted by Crippen LogP contribution is 2.37. The van der Waals surface area contributed by atoms with Gasteiger partial charge < -0.3 is 9.47 Å². The molecule has 34 heavy (non-hydrogen) atoms. The molecule has 0 bridgehead atoms. The first-order valence-corrected chi connectivity index (χ1v) is 11.5. The Hall–Kier alpha value is -4.10. The van der Waals surface area contributed by atoms with Gasteiger partial charge in [-0.3, -0.25) is 15.1 Å². The van der Waals surface area contributed by atoms with E-state index in [0.717, 1.165) is 16.8 Å². The number of hydrogen-bond donors (Lipinski definition) is 1. The van der Waals surface area contributed by atoms with E-state index in [1.165, 1.54) is 11.8 Å². The molecule has 3 aromatic carbocycles. The van der Waals surface area contributed by atoms with Gasteiger partial charge in [0.15, 0.2) is 16.7 Å². The molecule has 0 saturated heterocycles. The fourth-order valence-electron chi connectivity index (χ4n) is 3.71. The van der Waals surface area contributed by atoms with Crippen molar-refractivity contribution >= 4 is 40.4 Å². The van der Waals surface area contributed by atoms with Crippen molar-refractivity contribution in [3.8, 4) is 11.5 Å². The molecule has 2 heterocycles. The van der Waals surface area contributed by atoms with Crippen LogP contribution in [0.5, 0.6) is 11.5 Å². The van der Waals surface area contributed by atoms with Crippen LogP contribution in [0.1, 0.15) is 16.7 Å². The fourth-order valence-corrected chi connectivity index (χ4v) is 4.60. The number of amidine groups is 2. The molecule has 0 radical (unpaired) electrons. The van der Waals surface area contributed by atoms with Crippen LogP contribution in [-0.4, -0.2) is 28.9 Å². The lowest BCUT2D eigenvalue weighted by Crippen LogP contribution is -2.38. The standard InChI is InChI=1S/C27H21N3O3S/c1-32-24-15-19(12-13-23(24)33-16-18-8-4-2-5-9-18)14-21-25(28)30-22(20-10-6-3-7-11-20)17-34-27(30)29-26(21)31/h2-15,17,28H,16H2,1H3/b21-14-,28-25?. The first-order chi connectivity index (χ1) is 16.6. The first-order valence-electron chi connectivity index (χ1n) is 10.6. The lowest BCUT2D eigenvalue weighted by molar-refractivity contribution is -0.114. The molecule has 7 heteroatoms. The van der Waals surface area contributed by atoms with Crippen molar-refractivity contribution in [2.75, 3.05) is 7.11 Å². The van der Waals surface area contributed by atoms with Crippen LogP contribution in [0, 0.1) is 5.41 Å². The van der Waals surface area contributed by atoms with Crippen molar-refractivity contribution in [2.24, 2.45) is 4.99 Å². The molecule has 6 nitrogen and oxygen atoms in total. The molecule has 0 aliphatic carbocycles. The van der Waals surface area contributed by atoms with Gasteiger partial charge in [-0.15, -0.1) is 0 Å². The summed E-state index contributed by atoms with van der Waals surface area (Å²) in [5, 5.41) is 11.2. The van der Waals surface area contributed by atoms with E-state index in [1.54, 1.807) is 30.2 Å². The summed E-state index contributed by atoms with van der Waals surface area (Å²) < 4.78 is 11.4. The predicted molar refractivity (Wildman–Crippen MR) is 136 cm³/mol. The Labute approximate surface area is 201 Å². The van der Waals surface area contributed by atoms with Gasteiger partial charge in [0.05, 0.1) is 18.4 Å². The fraction of sp³-hybridized carbons (Fsp3) is 0.0741. The average molecular weight is 468 g/mol. The SMILES string of the molecule is COc1cc(/C=C2/C(=N)N3C(c4ccccc4)=CSC3=NC2=O)ccc1OCc1ccccc1. The zero-order valence-electron chi connectivity index (χ0n) is 18.4. The van der Waals surface area contributed by atoms with Crippen LogP contribution in [0.15, 0.2) is 94.8 Å². The van der Waals surface area contributed by atoms with Gasteiger partial charge in [0.1, 0.15) is 12.4 Å². The number of methoxy groups -OCH3 is 1. The van der Waals surface area contributed by atoms with Gasteiger partial charge in [-0.2, -0.15) is 4.99 Å². The molecule has 0 aromatic heterocycles. The maximum absolute atomic E-state index is 12.8. The molecule has 0 fully saturated rings. The maximum atomic E-state index is 12.8. The van der Waals surface area contributed by atoms with Crippen molar-refractivity contribution < 1.29 is 14.3 Å². The van der Waals surface area contributed by atoms with E-state index >= 15 is 0 Å². The van der Waals surface area contributed by atoms with Crippen LogP contribution >= 0.6 is 11.8 Å². The van der Waals surface area contributed by atoms with E-state index in [4.69, 9.17) is 14.9 Å². The summed E-state index contributed by atoms with van der Waals surface area (Å²) in [5.41, 5.74) is 3.77. The Kier molecular flexibility index (Phi) is 6.01. The second-order valence-electron chi connectivity index (χ2n) is 7.61. The number of ether oxygens (including phenoxy) is 2. The molecular weight excluding hydrogens is 446 g/mol. The minimum atomic E-state index is -0.435. The average Bonchev–Trinajstić information content (AvgIpc) is 3.30. The molecule has 2 aliphatic heterocycles. The van der Waals surface area contributed by atoms with Crippen LogP contribution in [-0.2, 0) is 11.4 Å². The summed E-state index contributed by atoms with van der Waals surface area (Å²) in [6.07, 6.45) is 1.67. The summed E-state index contributed by atoms with van der Waals surface area (Å²) in [4.78, 5) is 18.7. The minimum absolute atomic E-state index is 0.0958. The number of nitrogens with one attached hydrogen (secondary N) is 1. The predicted octanol–water partition coefficient (Wildman–Crippen LogP) is 5.58. The highest BCUT2D eigenvalue weighted by Gasteiger charge is 2.36. The largest absolute Gasteiger partial charge is 0.493 e. The molecule has 0 unspecified atom stereocenters. The van der Waals surface area contributed by atoms with E-state index in [-0.39, 0.29) is 11.4 Å². The quantitative estimate of drug-likeness (QED) is 0.479. The second kappa shape index (κ2) is 9.41.